The van der Waals surface area contributed by atoms with Crippen molar-refractivity contribution in [3.8, 4) is 0 Å². The van der Waals surface area contributed by atoms with E-state index in [1.807, 2.05) is 24.1 Å². The Labute approximate surface area is 125 Å². The molecule has 0 aliphatic rings. The lowest BCUT2D eigenvalue weighted by Crippen LogP contribution is -2.20. The zero-order valence-corrected chi connectivity index (χ0v) is 12.9. The molecular weight excluding hydrogens is 266 g/mol. The summed E-state index contributed by atoms with van der Waals surface area (Å²) in [6.45, 7) is 6.71. The number of pyridine rings is 1. The Balaban J connectivity index is 1.80. The van der Waals surface area contributed by atoms with Crippen LogP contribution in [0.5, 0.6) is 0 Å². The first-order valence-electron chi connectivity index (χ1n) is 7.28. The molecule has 0 aliphatic heterocycles. The van der Waals surface area contributed by atoms with Gasteiger partial charge in [-0.15, -0.1) is 5.10 Å². The maximum absolute atomic E-state index is 5.64. The number of anilines is 1. The first-order chi connectivity index (χ1) is 10.1. The van der Waals surface area contributed by atoms with Crippen LogP contribution in [0.25, 0.3) is 0 Å². The fourth-order valence-corrected chi connectivity index (χ4v) is 1.88. The second kappa shape index (κ2) is 7.73. The van der Waals surface area contributed by atoms with Crippen LogP contribution in [-0.4, -0.2) is 35.3 Å². The summed E-state index contributed by atoms with van der Waals surface area (Å²) >= 11 is 0. The van der Waals surface area contributed by atoms with Crippen molar-refractivity contribution in [3.63, 3.8) is 0 Å². The molecule has 0 unspecified atom stereocenters. The molecule has 0 aliphatic carbocycles. The van der Waals surface area contributed by atoms with Crippen LogP contribution in [0.1, 0.15) is 25.3 Å². The van der Waals surface area contributed by atoms with Gasteiger partial charge in [0, 0.05) is 26.0 Å². The summed E-state index contributed by atoms with van der Waals surface area (Å²) in [4.78, 5) is 5.98. The normalized spacial score (nSPS) is 11.0. The van der Waals surface area contributed by atoms with E-state index in [4.69, 9.17) is 4.42 Å². The number of hydrogen-bond donors (Lipinski definition) is 1. The maximum atomic E-state index is 5.64. The van der Waals surface area contributed by atoms with Gasteiger partial charge in [0.25, 0.3) is 0 Å². The van der Waals surface area contributed by atoms with Crippen LogP contribution in [-0.2, 0) is 13.0 Å². The Kier molecular flexibility index (Phi) is 5.68. The monoisotopic (exact) mass is 289 g/mol. The lowest BCUT2D eigenvalue weighted by atomic mass is 10.2. The first-order valence-corrected chi connectivity index (χ1v) is 7.28. The third-order valence-electron chi connectivity index (χ3n) is 3.10. The summed E-state index contributed by atoms with van der Waals surface area (Å²) in [5.74, 6) is 1.23. The minimum Gasteiger partial charge on any atom is -0.407 e. The highest BCUT2D eigenvalue weighted by Crippen LogP contribution is 2.11. The van der Waals surface area contributed by atoms with E-state index in [-0.39, 0.29) is 0 Å². The molecule has 6 heteroatoms. The van der Waals surface area contributed by atoms with Crippen LogP contribution in [0.15, 0.2) is 28.9 Å². The van der Waals surface area contributed by atoms with Crippen molar-refractivity contribution in [1.82, 2.24) is 20.5 Å². The molecule has 0 saturated carbocycles. The van der Waals surface area contributed by atoms with Crippen LogP contribution in [0.2, 0.25) is 0 Å². The Morgan fingerprint density at radius 3 is 2.71 bits per heavy atom. The molecule has 0 saturated heterocycles. The van der Waals surface area contributed by atoms with Gasteiger partial charge in [0.1, 0.15) is 0 Å². The van der Waals surface area contributed by atoms with Crippen molar-refractivity contribution in [2.24, 2.45) is 5.92 Å². The highest BCUT2D eigenvalue weighted by molar-refractivity contribution is 5.23. The molecule has 2 aromatic rings. The summed E-state index contributed by atoms with van der Waals surface area (Å²) in [7, 11) is 1.96. The molecule has 0 amide bonds. The number of nitrogens with one attached hydrogen (secondary N) is 1. The van der Waals surface area contributed by atoms with Gasteiger partial charge in [0.05, 0.1) is 6.54 Å². The average Bonchev–Trinajstić information content (AvgIpc) is 2.94. The van der Waals surface area contributed by atoms with Crippen molar-refractivity contribution in [1.29, 1.82) is 0 Å². The lowest BCUT2D eigenvalue weighted by molar-refractivity contribution is 0.450. The third kappa shape index (κ3) is 5.15. The summed E-state index contributed by atoms with van der Waals surface area (Å²) in [6.07, 6.45) is 4.53. The second-order valence-electron chi connectivity index (χ2n) is 5.53. The van der Waals surface area contributed by atoms with Crippen LogP contribution >= 0.6 is 0 Å². The van der Waals surface area contributed by atoms with E-state index in [2.05, 4.69) is 34.3 Å². The summed E-state index contributed by atoms with van der Waals surface area (Å²) < 4.78 is 5.64. The van der Waals surface area contributed by atoms with Crippen molar-refractivity contribution in [2.75, 3.05) is 25.0 Å². The predicted molar refractivity (Wildman–Crippen MR) is 82.1 cm³/mol. The van der Waals surface area contributed by atoms with E-state index < -0.39 is 0 Å². The maximum Gasteiger partial charge on any atom is 0.317 e. The number of hydrogen-bond acceptors (Lipinski definition) is 6. The molecule has 0 bridgehead atoms. The van der Waals surface area contributed by atoms with Gasteiger partial charge >= 0.3 is 6.01 Å². The molecule has 0 spiro atoms. The molecular formula is C15H23N5O. The zero-order valence-electron chi connectivity index (χ0n) is 12.9. The van der Waals surface area contributed by atoms with Gasteiger partial charge in [-0.1, -0.05) is 18.9 Å². The molecule has 0 atom stereocenters. The van der Waals surface area contributed by atoms with Gasteiger partial charge < -0.3 is 14.6 Å². The lowest BCUT2D eigenvalue weighted by Gasteiger charge is -2.13. The molecule has 1 N–H and O–H groups in total. The fourth-order valence-electron chi connectivity index (χ4n) is 1.88. The molecule has 0 fully saturated rings. The highest BCUT2D eigenvalue weighted by Gasteiger charge is 2.10. The third-order valence-corrected chi connectivity index (χ3v) is 3.10. The number of nitrogens with zero attached hydrogens (tertiary/aromatic N) is 4. The van der Waals surface area contributed by atoms with E-state index >= 15 is 0 Å². The topological polar surface area (TPSA) is 67.1 Å². The number of likely N-dealkylation sites (N-methyl/N-ethyl adjacent to an activating group) is 1. The zero-order chi connectivity index (χ0) is 15.1. The molecule has 2 rings (SSSR count). The molecule has 0 aromatic carbocycles. The van der Waals surface area contributed by atoms with E-state index in [0.717, 1.165) is 19.5 Å². The SMILES string of the molecule is CC(C)CNCc1nnc(N(C)CCc2ccncc2)o1. The second-order valence-corrected chi connectivity index (χ2v) is 5.53. The quantitative estimate of drug-likeness (QED) is 0.800. The Morgan fingerprint density at radius 1 is 1.24 bits per heavy atom. The minimum atomic E-state index is 0.561. The molecule has 21 heavy (non-hydrogen) atoms. The smallest absolute Gasteiger partial charge is 0.317 e. The van der Waals surface area contributed by atoms with E-state index in [1.54, 1.807) is 12.4 Å². The summed E-state index contributed by atoms with van der Waals surface area (Å²) in [6, 6.07) is 4.59. The largest absolute Gasteiger partial charge is 0.407 e. The van der Waals surface area contributed by atoms with Crippen molar-refractivity contribution in [2.45, 2.75) is 26.8 Å². The average molecular weight is 289 g/mol. The highest BCUT2D eigenvalue weighted by atomic mass is 16.4. The van der Waals surface area contributed by atoms with E-state index in [0.29, 0.717) is 24.4 Å². The van der Waals surface area contributed by atoms with Crippen LogP contribution in [0.4, 0.5) is 6.01 Å². The van der Waals surface area contributed by atoms with Gasteiger partial charge in [0.2, 0.25) is 5.89 Å². The minimum absolute atomic E-state index is 0.561. The summed E-state index contributed by atoms with van der Waals surface area (Å²) in [5, 5.41) is 11.4. The van der Waals surface area contributed by atoms with Crippen LogP contribution in [0, 0.1) is 5.92 Å². The summed E-state index contributed by atoms with van der Waals surface area (Å²) in [5.41, 5.74) is 1.25. The van der Waals surface area contributed by atoms with E-state index in [1.165, 1.54) is 5.56 Å². The Hall–Kier alpha value is -1.95. The van der Waals surface area contributed by atoms with Gasteiger partial charge in [0.15, 0.2) is 0 Å². The van der Waals surface area contributed by atoms with Gasteiger partial charge in [-0.25, -0.2) is 0 Å². The van der Waals surface area contributed by atoms with Crippen molar-refractivity contribution >= 4 is 6.01 Å². The fraction of sp³-hybridized carbons (Fsp3) is 0.533. The van der Waals surface area contributed by atoms with Gasteiger partial charge in [-0.05, 0) is 36.6 Å². The van der Waals surface area contributed by atoms with Crippen molar-refractivity contribution in [3.05, 3.63) is 36.0 Å². The Bertz CT molecular complexity index is 526. The first kappa shape index (κ1) is 15.4. The number of aromatic nitrogens is 3. The van der Waals surface area contributed by atoms with Crippen LogP contribution < -0.4 is 10.2 Å². The van der Waals surface area contributed by atoms with Gasteiger partial charge in [-0.3, -0.25) is 4.98 Å². The van der Waals surface area contributed by atoms with Crippen molar-refractivity contribution < 1.29 is 4.42 Å². The predicted octanol–water partition coefficient (Wildman–Crippen LogP) is 1.89. The standard InChI is InChI=1S/C15H23N5O/c1-12(2)10-17-11-14-18-19-15(21-14)20(3)9-6-13-4-7-16-8-5-13/h4-5,7-8,12,17H,6,9-11H2,1-3H3. The molecule has 6 nitrogen and oxygen atoms in total. The Morgan fingerprint density at radius 2 is 2.00 bits per heavy atom. The molecule has 2 aromatic heterocycles. The molecule has 2 heterocycles. The number of rotatable bonds is 8. The van der Waals surface area contributed by atoms with E-state index in [9.17, 15) is 0 Å². The van der Waals surface area contributed by atoms with Gasteiger partial charge in [-0.2, -0.15) is 0 Å². The molecule has 0 radical (unpaired) electrons. The molecule has 114 valence electrons. The van der Waals surface area contributed by atoms with Crippen LogP contribution in [0.3, 0.4) is 0 Å².